The van der Waals surface area contributed by atoms with Gasteiger partial charge in [0, 0.05) is 17.1 Å². The quantitative estimate of drug-likeness (QED) is 0.773. The zero-order chi connectivity index (χ0) is 14.8. The van der Waals surface area contributed by atoms with Crippen LogP contribution in [0.15, 0.2) is 42.7 Å². The van der Waals surface area contributed by atoms with E-state index in [1.165, 1.54) is 31.6 Å². The molecule has 2 N–H and O–H groups in total. The largest absolute Gasteiger partial charge is 0.504 e. The van der Waals surface area contributed by atoms with Crippen LogP contribution in [0.4, 0.5) is 15.9 Å². The third-order valence-corrected chi connectivity index (χ3v) is 3.02. The lowest BCUT2D eigenvalue weighted by Crippen LogP contribution is -1.97. The highest BCUT2D eigenvalue weighted by Gasteiger charge is 2.10. The predicted molar refractivity (Wildman–Crippen MR) is 77.4 cm³/mol. The first kappa shape index (κ1) is 13.1. The van der Waals surface area contributed by atoms with Crippen LogP contribution in [0.5, 0.6) is 11.5 Å². The molecule has 0 aliphatic heterocycles. The van der Waals surface area contributed by atoms with Crippen LogP contribution in [0.2, 0.25) is 0 Å². The molecule has 5 nitrogen and oxygen atoms in total. The van der Waals surface area contributed by atoms with Gasteiger partial charge in [-0.05, 0) is 24.3 Å². The maximum absolute atomic E-state index is 13.2. The summed E-state index contributed by atoms with van der Waals surface area (Å²) in [5.41, 5.74) is 1.13. The van der Waals surface area contributed by atoms with Crippen molar-refractivity contribution in [2.45, 2.75) is 0 Å². The monoisotopic (exact) mass is 285 g/mol. The Morgan fingerprint density at radius 2 is 2.05 bits per heavy atom. The number of hydrogen-bond donors (Lipinski definition) is 2. The average Bonchev–Trinajstić information content (AvgIpc) is 2.47. The zero-order valence-corrected chi connectivity index (χ0v) is 11.2. The second-order valence-electron chi connectivity index (χ2n) is 4.40. The number of anilines is 2. The topological polar surface area (TPSA) is 67.3 Å². The highest BCUT2D eigenvalue weighted by Crippen LogP contribution is 2.33. The number of phenolic OH excluding ortho intramolecular Hbond substituents is 1. The Balaban J connectivity index is 2.09. The van der Waals surface area contributed by atoms with Gasteiger partial charge in [-0.2, -0.15) is 0 Å². The molecule has 0 bridgehead atoms. The van der Waals surface area contributed by atoms with Crippen LogP contribution in [0.1, 0.15) is 0 Å². The van der Waals surface area contributed by atoms with E-state index < -0.39 is 0 Å². The maximum atomic E-state index is 13.2. The van der Waals surface area contributed by atoms with Crippen LogP contribution in [-0.2, 0) is 0 Å². The van der Waals surface area contributed by atoms with Gasteiger partial charge < -0.3 is 15.2 Å². The Labute approximate surface area is 120 Å². The highest BCUT2D eigenvalue weighted by molar-refractivity contribution is 5.92. The summed E-state index contributed by atoms with van der Waals surface area (Å²) in [4.78, 5) is 8.25. The summed E-state index contributed by atoms with van der Waals surface area (Å²) < 4.78 is 18.3. The lowest BCUT2D eigenvalue weighted by Gasteiger charge is -2.10. The summed E-state index contributed by atoms with van der Waals surface area (Å²) in [6, 6.07) is 9.19. The van der Waals surface area contributed by atoms with Gasteiger partial charge in [0.25, 0.3) is 0 Å². The molecule has 3 rings (SSSR count). The summed E-state index contributed by atoms with van der Waals surface area (Å²) in [7, 11) is 1.46. The predicted octanol–water partition coefficient (Wildman–Crippen LogP) is 3.23. The minimum absolute atomic E-state index is 0.000376. The molecule has 0 spiro atoms. The molecule has 3 aromatic rings. The number of hydrogen-bond acceptors (Lipinski definition) is 5. The molecular weight excluding hydrogens is 273 g/mol. The minimum atomic E-state index is -0.339. The van der Waals surface area contributed by atoms with Gasteiger partial charge in [0.2, 0.25) is 0 Å². The Morgan fingerprint density at radius 3 is 2.81 bits per heavy atom. The number of halogens is 1. The number of fused-ring (bicyclic) bond motifs is 1. The third kappa shape index (κ3) is 2.55. The molecule has 0 saturated heterocycles. The van der Waals surface area contributed by atoms with Crippen molar-refractivity contribution < 1.29 is 14.2 Å². The van der Waals surface area contributed by atoms with E-state index in [0.717, 1.165) is 0 Å². The molecule has 0 aliphatic carbocycles. The molecule has 0 radical (unpaired) electrons. The molecule has 21 heavy (non-hydrogen) atoms. The van der Waals surface area contributed by atoms with E-state index in [2.05, 4.69) is 15.3 Å². The van der Waals surface area contributed by atoms with Crippen LogP contribution >= 0.6 is 0 Å². The van der Waals surface area contributed by atoms with Crippen molar-refractivity contribution in [2.75, 3.05) is 12.4 Å². The second kappa shape index (κ2) is 5.24. The fourth-order valence-electron chi connectivity index (χ4n) is 2.04. The number of benzene rings is 2. The van der Waals surface area contributed by atoms with Gasteiger partial charge >= 0.3 is 0 Å². The van der Waals surface area contributed by atoms with Gasteiger partial charge in [0.05, 0.1) is 12.6 Å². The summed E-state index contributed by atoms with van der Waals surface area (Å²) in [6.45, 7) is 0. The van der Waals surface area contributed by atoms with Gasteiger partial charge in [-0.1, -0.05) is 6.07 Å². The lowest BCUT2D eigenvalue weighted by molar-refractivity contribution is 0.374. The smallest absolute Gasteiger partial charge is 0.161 e. The molecular formula is C15H12FN3O2. The van der Waals surface area contributed by atoms with Crippen LogP contribution < -0.4 is 10.1 Å². The van der Waals surface area contributed by atoms with Crippen molar-refractivity contribution >= 4 is 22.4 Å². The standard InChI is InChI=1S/C15H12FN3O2/c1-21-14-6-11-12(7-13(14)20)17-8-18-15(11)19-10-4-2-3-9(16)5-10/h2-8,20H,1H3,(H,17,18,19). The maximum Gasteiger partial charge on any atom is 0.161 e. The molecule has 6 heteroatoms. The van der Waals surface area contributed by atoms with Gasteiger partial charge in [-0.15, -0.1) is 0 Å². The Bertz CT molecular complexity index is 808. The Morgan fingerprint density at radius 1 is 1.19 bits per heavy atom. The van der Waals surface area contributed by atoms with Gasteiger partial charge in [-0.3, -0.25) is 0 Å². The fourth-order valence-corrected chi connectivity index (χ4v) is 2.04. The molecule has 1 aromatic heterocycles. The summed E-state index contributed by atoms with van der Waals surface area (Å²) in [6.07, 6.45) is 1.37. The molecule has 0 atom stereocenters. The summed E-state index contributed by atoms with van der Waals surface area (Å²) in [5.74, 6) is 0.484. The molecule has 0 amide bonds. The van der Waals surface area contributed by atoms with E-state index in [0.29, 0.717) is 28.2 Å². The molecule has 1 heterocycles. The second-order valence-corrected chi connectivity index (χ2v) is 4.40. The van der Waals surface area contributed by atoms with Crippen LogP contribution in [0, 0.1) is 5.82 Å². The van der Waals surface area contributed by atoms with E-state index >= 15 is 0 Å². The molecule has 0 aliphatic rings. The molecule has 0 unspecified atom stereocenters. The number of nitrogens with zero attached hydrogens (tertiary/aromatic N) is 2. The van der Waals surface area contributed by atoms with Gasteiger partial charge in [0.15, 0.2) is 11.5 Å². The van der Waals surface area contributed by atoms with Crippen molar-refractivity contribution in [3.8, 4) is 11.5 Å². The average molecular weight is 285 g/mol. The molecule has 0 fully saturated rings. The lowest BCUT2D eigenvalue weighted by atomic mass is 10.2. The SMILES string of the molecule is COc1cc2c(Nc3cccc(F)c3)ncnc2cc1O. The van der Waals surface area contributed by atoms with E-state index in [1.807, 2.05) is 0 Å². The summed E-state index contributed by atoms with van der Waals surface area (Å²) >= 11 is 0. The van der Waals surface area contributed by atoms with Crippen LogP contribution in [0.3, 0.4) is 0 Å². The molecule has 106 valence electrons. The number of nitrogens with one attached hydrogen (secondary N) is 1. The fraction of sp³-hybridized carbons (Fsp3) is 0.0667. The zero-order valence-electron chi connectivity index (χ0n) is 11.2. The normalized spacial score (nSPS) is 10.6. The summed E-state index contributed by atoms with van der Waals surface area (Å²) in [5, 5.41) is 13.5. The van der Waals surface area contributed by atoms with E-state index in [-0.39, 0.29) is 11.6 Å². The van der Waals surface area contributed by atoms with Crippen molar-refractivity contribution in [3.05, 3.63) is 48.5 Å². The number of aromatic nitrogens is 2. The van der Waals surface area contributed by atoms with Crippen molar-refractivity contribution in [1.29, 1.82) is 0 Å². The number of aromatic hydroxyl groups is 1. The van der Waals surface area contributed by atoms with Crippen molar-refractivity contribution in [3.63, 3.8) is 0 Å². The first-order valence-electron chi connectivity index (χ1n) is 6.21. The van der Waals surface area contributed by atoms with Crippen LogP contribution in [0.25, 0.3) is 10.9 Å². The van der Waals surface area contributed by atoms with E-state index in [9.17, 15) is 9.50 Å². The van der Waals surface area contributed by atoms with Gasteiger partial charge in [0.1, 0.15) is 18.0 Å². The van der Waals surface area contributed by atoms with Crippen LogP contribution in [-0.4, -0.2) is 22.2 Å². The first-order chi connectivity index (χ1) is 10.2. The minimum Gasteiger partial charge on any atom is -0.504 e. The van der Waals surface area contributed by atoms with E-state index in [1.54, 1.807) is 18.2 Å². The number of rotatable bonds is 3. The molecule has 0 saturated carbocycles. The van der Waals surface area contributed by atoms with Crippen molar-refractivity contribution in [2.24, 2.45) is 0 Å². The highest BCUT2D eigenvalue weighted by atomic mass is 19.1. The Hall–Kier alpha value is -2.89. The van der Waals surface area contributed by atoms with E-state index in [4.69, 9.17) is 4.74 Å². The third-order valence-electron chi connectivity index (χ3n) is 3.02. The molecule has 2 aromatic carbocycles. The number of methoxy groups -OCH3 is 1. The Kier molecular flexibility index (Phi) is 3.27. The first-order valence-corrected chi connectivity index (χ1v) is 6.21. The number of phenols is 1. The van der Waals surface area contributed by atoms with Crippen molar-refractivity contribution in [1.82, 2.24) is 9.97 Å². The number of ether oxygens (including phenoxy) is 1. The van der Waals surface area contributed by atoms with Gasteiger partial charge in [-0.25, -0.2) is 14.4 Å².